The third kappa shape index (κ3) is 4.67. The van der Waals surface area contributed by atoms with Gasteiger partial charge in [-0.2, -0.15) is 5.10 Å². The molecule has 13 heteroatoms. The van der Waals surface area contributed by atoms with Crippen molar-refractivity contribution in [1.29, 1.82) is 0 Å². The number of anilines is 2. The number of nitrogens with one attached hydrogen (secondary N) is 1. The van der Waals surface area contributed by atoms with E-state index in [4.69, 9.17) is 26.9 Å². The molecule has 0 radical (unpaired) electrons. The second kappa shape index (κ2) is 9.87. The van der Waals surface area contributed by atoms with Crippen molar-refractivity contribution < 1.29 is 23.5 Å². The van der Waals surface area contributed by atoms with Gasteiger partial charge in [-0.15, -0.1) is 0 Å². The molecule has 2 aromatic carbocycles. The van der Waals surface area contributed by atoms with Crippen molar-refractivity contribution in [2.45, 2.75) is 46.1 Å². The molecule has 0 saturated heterocycles. The molecule has 1 amide bonds. The topological polar surface area (TPSA) is 162 Å². The lowest BCUT2D eigenvalue weighted by atomic mass is 9.84. The number of aliphatic carboxylic acids is 1. The lowest BCUT2D eigenvalue weighted by Crippen LogP contribution is -2.33. The Morgan fingerprint density at radius 1 is 1.21 bits per heavy atom. The third-order valence-electron chi connectivity index (χ3n) is 7.75. The van der Waals surface area contributed by atoms with E-state index in [0.29, 0.717) is 32.9 Å². The number of aryl methyl sites for hydroxylation is 1. The Morgan fingerprint density at radius 2 is 1.98 bits per heavy atom. The molecular formula is C30H27ClFN7O4. The van der Waals surface area contributed by atoms with E-state index in [1.807, 2.05) is 6.92 Å². The molecule has 4 heterocycles. The monoisotopic (exact) mass is 603 g/mol. The van der Waals surface area contributed by atoms with Crippen molar-refractivity contribution in [3.05, 3.63) is 81.8 Å². The van der Waals surface area contributed by atoms with Gasteiger partial charge in [0.15, 0.2) is 11.2 Å². The fraction of sp³-hybridized carbons (Fsp3) is 0.267. The van der Waals surface area contributed by atoms with Crippen molar-refractivity contribution in [1.82, 2.24) is 24.7 Å². The molecule has 1 unspecified atom stereocenters. The third-order valence-corrected chi connectivity index (χ3v) is 7.99. The Labute approximate surface area is 249 Å². The fourth-order valence-corrected chi connectivity index (χ4v) is 5.45. The van der Waals surface area contributed by atoms with Gasteiger partial charge < -0.3 is 20.6 Å². The van der Waals surface area contributed by atoms with Crippen LogP contribution in [-0.2, 0) is 28.0 Å². The Bertz CT molecular complexity index is 1970. The minimum Gasteiger partial charge on any atom is -0.481 e. The summed E-state index contributed by atoms with van der Waals surface area (Å²) >= 11 is 6.31. The summed E-state index contributed by atoms with van der Waals surface area (Å²) in [5, 5.41) is 18.1. The second-order valence-electron chi connectivity index (χ2n) is 11.5. The van der Waals surface area contributed by atoms with Gasteiger partial charge in [0.1, 0.15) is 29.4 Å². The van der Waals surface area contributed by atoms with Crippen LogP contribution < -0.4 is 11.1 Å². The Balaban J connectivity index is 1.42. The maximum Gasteiger partial charge on any atom is 0.309 e. The zero-order chi connectivity index (χ0) is 30.8. The molecule has 4 N–H and O–H groups in total. The molecule has 0 bridgehead atoms. The highest BCUT2D eigenvalue weighted by molar-refractivity contribution is 6.31. The molecule has 1 atom stereocenters. The standard InChI is InChI=1S/C30H27ClFN7O4/c1-14-5-8-19(32)15(9-14)12-39-20-10-16(31)6-7-18(20)22(38-39)25-35-23(33)21-24(36-25)37-26(40)30(21,4)27-34-17(13-43-27)11-29(2,3)28(41)42/h5-10,13H,11-12H2,1-4H3,(H,41,42)(H3,33,35,36,37,40). The summed E-state index contributed by atoms with van der Waals surface area (Å²) in [6.45, 7) is 6.75. The van der Waals surface area contributed by atoms with Crippen molar-refractivity contribution in [3.8, 4) is 11.5 Å². The number of carboxylic acids is 1. The van der Waals surface area contributed by atoms with Gasteiger partial charge in [0, 0.05) is 22.4 Å². The maximum atomic E-state index is 14.6. The lowest BCUT2D eigenvalue weighted by Gasteiger charge is -2.19. The first kappa shape index (κ1) is 28.3. The van der Waals surface area contributed by atoms with Crippen LogP contribution in [0.4, 0.5) is 16.0 Å². The van der Waals surface area contributed by atoms with E-state index < -0.39 is 22.7 Å². The zero-order valence-electron chi connectivity index (χ0n) is 23.7. The highest BCUT2D eigenvalue weighted by atomic mass is 35.5. The van der Waals surface area contributed by atoms with Crippen LogP contribution in [0.3, 0.4) is 0 Å². The number of hydrogen-bond acceptors (Lipinski definition) is 8. The number of carbonyl (C=O) groups is 2. The predicted molar refractivity (Wildman–Crippen MR) is 157 cm³/mol. The average molecular weight is 604 g/mol. The van der Waals surface area contributed by atoms with Gasteiger partial charge in [-0.25, -0.2) is 19.3 Å². The number of aromatic nitrogens is 5. The number of carbonyl (C=O) groups excluding carboxylic acids is 1. The van der Waals surface area contributed by atoms with E-state index in [-0.39, 0.29) is 47.7 Å². The van der Waals surface area contributed by atoms with Crippen molar-refractivity contribution in [3.63, 3.8) is 0 Å². The summed E-state index contributed by atoms with van der Waals surface area (Å²) in [4.78, 5) is 38.6. The molecule has 6 rings (SSSR count). The highest BCUT2D eigenvalue weighted by Gasteiger charge is 2.51. The average Bonchev–Trinajstić information content (AvgIpc) is 3.61. The van der Waals surface area contributed by atoms with Gasteiger partial charge in [0.2, 0.25) is 11.8 Å². The fourth-order valence-electron chi connectivity index (χ4n) is 5.28. The number of nitrogens with two attached hydrogens (primary N) is 1. The van der Waals surface area contributed by atoms with Crippen molar-refractivity contribution >= 4 is 46.0 Å². The van der Waals surface area contributed by atoms with Crippen LogP contribution in [0.25, 0.3) is 22.4 Å². The molecule has 5 aromatic rings. The molecule has 0 fully saturated rings. The van der Waals surface area contributed by atoms with Crippen molar-refractivity contribution in [2.75, 3.05) is 11.1 Å². The normalized spacial score (nSPS) is 16.5. The smallest absolute Gasteiger partial charge is 0.309 e. The van der Waals surface area contributed by atoms with Crippen LogP contribution in [0.1, 0.15) is 49.0 Å². The minimum atomic E-state index is -1.47. The number of nitrogens with zero attached hydrogens (tertiary/aromatic N) is 5. The molecule has 220 valence electrons. The molecule has 0 spiro atoms. The van der Waals surface area contributed by atoms with E-state index in [0.717, 1.165) is 5.56 Å². The zero-order valence-corrected chi connectivity index (χ0v) is 24.5. The molecule has 3 aromatic heterocycles. The summed E-state index contributed by atoms with van der Waals surface area (Å²) in [5.41, 5.74) is 6.92. The van der Waals surface area contributed by atoms with Crippen LogP contribution in [0, 0.1) is 18.2 Å². The molecule has 0 aliphatic carbocycles. The lowest BCUT2D eigenvalue weighted by molar-refractivity contribution is -0.146. The van der Waals surface area contributed by atoms with E-state index in [1.54, 1.807) is 55.8 Å². The molecule has 0 saturated carbocycles. The van der Waals surface area contributed by atoms with E-state index in [9.17, 15) is 19.1 Å². The molecule has 1 aliphatic rings. The largest absolute Gasteiger partial charge is 0.481 e. The quantitative estimate of drug-likeness (QED) is 0.229. The van der Waals surface area contributed by atoms with Gasteiger partial charge in [0.25, 0.3) is 0 Å². The van der Waals surface area contributed by atoms with Gasteiger partial charge >= 0.3 is 5.97 Å². The summed E-state index contributed by atoms with van der Waals surface area (Å²) in [7, 11) is 0. The summed E-state index contributed by atoms with van der Waals surface area (Å²) in [5.74, 6) is -1.48. The molecule has 1 aliphatic heterocycles. The van der Waals surface area contributed by atoms with E-state index in [2.05, 4.69) is 20.3 Å². The number of carboxylic acid groups (broad SMARTS) is 1. The van der Waals surface area contributed by atoms with Gasteiger partial charge in [-0.3, -0.25) is 14.3 Å². The number of benzene rings is 2. The van der Waals surface area contributed by atoms with Crippen LogP contribution in [0.2, 0.25) is 5.02 Å². The van der Waals surface area contributed by atoms with Crippen molar-refractivity contribution in [2.24, 2.45) is 5.41 Å². The number of oxazole rings is 1. The second-order valence-corrected chi connectivity index (χ2v) is 11.9. The van der Waals surface area contributed by atoms with E-state index in [1.165, 1.54) is 12.3 Å². The first-order valence-corrected chi connectivity index (χ1v) is 13.7. The number of halogens is 2. The Kier molecular flexibility index (Phi) is 6.49. The van der Waals surface area contributed by atoms with Gasteiger partial charge in [-0.05, 0) is 52.0 Å². The SMILES string of the molecule is Cc1ccc(F)c(Cn2nc(-c3nc(N)c4c(n3)NC(=O)C4(C)c3nc(CC(C)(C)C(=O)O)co3)c3ccc(Cl)cc32)c1. The highest BCUT2D eigenvalue weighted by Crippen LogP contribution is 2.45. The van der Waals surface area contributed by atoms with Crippen LogP contribution in [0.5, 0.6) is 0 Å². The number of amides is 1. The minimum absolute atomic E-state index is 0.00728. The van der Waals surface area contributed by atoms with Crippen LogP contribution in [-0.4, -0.2) is 41.7 Å². The van der Waals surface area contributed by atoms with Gasteiger partial charge in [-0.1, -0.05) is 29.3 Å². The maximum absolute atomic E-state index is 14.6. The number of fused-ring (bicyclic) bond motifs is 2. The molecule has 11 nitrogen and oxygen atoms in total. The Hall–Kier alpha value is -4.84. The number of rotatable bonds is 7. The molecular weight excluding hydrogens is 577 g/mol. The van der Waals surface area contributed by atoms with Gasteiger partial charge in [0.05, 0.1) is 28.7 Å². The predicted octanol–water partition coefficient (Wildman–Crippen LogP) is 5.12. The summed E-state index contributed by atoms with van der Waals surface area (Å²) < 4.78 is 22.0. The summed E-state index contributed by atoms with van der Waals surface area (Å²) in [6.07, 6.45) is 1.43. The number of hydrogen-bond donors (Lipinski definition) is 3. The Morgan fingerprint density at radius 3 is 2.72 bits per heavy atom. The van der Waals surface area contributed by atoms with E-state index >= 15 is 0 Å². The van der Waals surface area contributed by atoms with Crippen LogP contribution in [0.15, 0.2) is 47.1 Å². The molecule has 43 heavy (non-hydrogen) atoms. The summed E-state index contributed by atoms with van der Waals surface area (Å²) in [6, 6.07) is 10.1. The first-order chi connectivity index (χ1) is 20.3. The first-order valence-electron chi connectivity index (χ1n) is 13.4. The van der Waals surface area contributed by atoms with Crippen LogP contribution >= 0.6 is 11.6 Å². The number of nitrogen functional groups attached to an aromatic ring is 1.